The molecule has 2 rings (SSSR count). The lowest BCUT2D eigenvalue weighted by Gasteiger charge is -2.15. The van der Waals surface area contributed by atoms with Gasteiger partial charge in [0.05, 0.1) is 5.56 Å². The van der Waals surface area contributed by atoms with Gasteiger partial charge in [-0.3, -0.25) is 0 Å². The van der Waals surface area contributed by atoms with Crippen LogP contribution in [0, 0.1) is 5.82 Å². The maximum Gasteiger partial charge on any atom is 0.419 e. The zero-order valence-electron chi connectivity index (χ0n) is 10.4. The predicted molar refractivity (Wildman–Crippen MR) is 72.1 cm³/mol. The molecule has 0 radical (unpaired) electrons. The van der Waals surface area contributed by atoms with Crippen LogP contribution in [0.4, 0.5) is 23.4 Å². The van der Waals surface area contributed by atoms with Crippen LogP contribution in [0.15, 0.2) is 34.9 Å². The molecular formula is C13H9BrF4N2O. The summed E-state index contributed by atoms with van der Waals surface area (Å²) in [6.07, 6.45) is -3.38. The standard InChI is InChI=1S/C13H9BrF4N2O/c14-8-4-10(12(19)20-5-8)21-6-7-2-1-3-9(15)11(7)13(16,17)18/h1-5H,6H2,(H2,19,20). The van der Waals surface area contributed by atoms with E-state index in [-0.39, 0.29) is 17.1 Å². The molecule has 1 aromatic heterocycles. The van der Waals surface area contributed by atoms with Crippen molar-refractivity contribution in [1.29, 1.82) is 0 Å². The molecule has 2 N–H and O–H groups in total. The fourth-order valence-electron chi connectivity index (χ4n) is 1.71. The summed E-state index contributed by atoms with van der Waals surface area (Å²) in [7, 11) is 0. The second-order valence-electron chi connectivity index (χ2n) is 4.10. The Balaban J connectivity index is 2.29. The van der Waals surface area contributed by atoms with Gasteiger partial charge in [-0.1, -0.05) is 12.1 Å². The Kier molecular flexibility index (Phi) is 4.36. The lowest BCUT2D eigenvalue weighted by Crippen LogP contribution is -2.14. The molecule has 0 spiro atoms. The van der Waals surface area contributed by atoms with Crippen LogP contribution in [0.3, 0.4) is 0 Å². The van der Waals surface area contributed by atoms with E-state index in [0.29, 0.717) is 4.47 Å². The van der Waals surface area contributed by atoms with E-state index < -0.39 is 24.2 Å². The van der Waals surface area contributed by atoms with Gasteiger partial charge in [0, 0.05) is 16.2 Å². The van der Waals surface area contributed by atoms with Crippen molar-refractivity contribution >= 4 is 21.7 Å². The molecule has 112 valence electrons. The molecule has 8 heteroatoms. The highest BCUT2D eigenvalue weighted by Gasteiger charge is 2.36. The monoisotopic (exact) mass is 364 g/mol. The maximum absolute atomic E-state index is 13.4. The van der Waals surface area contributed by atoms with Crippen molar-refractivity contribution in [1.82, 2.24) is 4.98 Å². The molecule has 0 aliphatic rings. The highest BCUT2D eigenvalue weighted by atomic mass is 79.9. The first-order valence-electron chi connectivity index (χ1n) is 5.67. The molecule has 1 heterocycles. The van der Waals surface area contributed by atoms with Crippen molar-refractivity contribution in [3.05, 3.63) is 51.9 Å². The Labute approximate surface area is 125 Å². The van der Waals surface area contributed by atoms with Crippen LogP contribution in [0.5, 0.6) is 5.75 Å². The zero-order chi connectivity index (χ0) is 15.6. The lowest BCUT2D eigenvalue weighted by atomic mass is 10.1. The first-order chi connectivity index (χ1) is 9.79. The van der Waals surface area contributed by atoms with Gasteiger partial charge in [0.15, 0.2) is 11.6 Å². The van der Waals surface area contributed by atoms with Crippen LogP contribution < -0.4 is 10.5 Å². The minimum atomic E-state index is -4.80. The molecule has 1 aromatic carbocycles. The van der Waals surface area contributed by atoms with Gasteiger partial charge in [-0.15, -0.1) is 0 Å². The summed E-state index contributed by atoms with van der Waals surface area (Å²) in [5, 5.41) is 0. The Morgan fingerprint density at radius 3 is 2.67 bits per heavy atom. The molecule has 0 bridgehead atoms. The van der Waals surface area contributed by atoms with Gasteiger partial charge in [0.25, 0.3) is 0 Å². The molecule has 0 saturated carbocycles. The number of anilines is 1. The SMILES string of the molecule is Nc1ncc(Br)cc1OCc1cccc(F)c1C(F)(F)F. The molecule has 0 atom stereocenters. The summed E-state index contributed by atoms with van der Waals surface area (Å²) in [5.41, 5.74) is 3.90. The Morgan fingerprint density at radius 1 is 1.29 bits per heavy atom. The third-order valence-corrected chi connectivity index (χ3v) is 3.05. The summed E-state index contributed by atoms with van der Waals surface area (Å²) < 4.78 is 57.7. The molecule has 0 unspecified atom stereocenters. The number of hydrogen-bond donors (Lipinski definition) is 1. The molecule has 0 aliphatic carbocycles. The van der Waals surface area contributed by atoms with Crippen molar-refractivity contribution in [3.8, 4) is 5.75 Å². The van der Waals surface area contributed by atoms with Crippen molar-refractivity contribution in [3.63, 3.8) is 0 Å². The number of rotatable bonds is 3. The van der Waals surface area contributed by atoms with Crippen LogP contribution in [0.1, 0.15) is 11.1 Å². The molecule has 21 heavy (non-hydrogen) atoms. The summed E-state index contributed by atoms with van der Waals surface area (Å²) in [4.78, 5) is 3.79. The van der Waals surface area contributed by atoms with Crippen molar-refractivity contribution in [2.24, 2.45) is 0 Å². The highest BCUT2D eigenvalue weighted by molar-refractivity contribution is 9.10. The van der Waals surface area contributed by atoms with Gasteiger partial charge in [0.1, 0.15) is 12.4 Å². The van der Waals surface area contributed by atoms with E-state index >= 15 is 0 Å². The Hall–Kier alpha value is -1.83. The first kappa shape index (κ1) is 15.6. The average molecular weight is 365 g/mol. The van der Waals surface area contributed by atoms with Crippen molar-refractivity contribution < 1.29 is 22.3 Å². The number of alkyl halides is 3. The number of halogens is 5. The zero-order valence-corrected chi connectivity index (χ0v) is 12.0. The second-order valence-corrected chi connectivity index (χ2v) is 5.01. The largest absolute Gasteiger partial charge is 0.485 e. The topological polar surface area (TPSA) is 48.1 Å². The Morgan fingerprint density at radius 2 is 2.00 bits per heavy atom. The van der Waals surface area contributed by atoms with Crippen molar-refractivity contribution in [2.45, 2.75) is 12.8 Å². The number of benzene rings is 1. The fourth-order valence-corrected chi connectivity index (χ4v) is 2.02. The number of pyridine rings is 1. The van der Waals surface area contributed by atoms with Gasteiger partial charge >= 0.3 is 6.18 Å². The van der Waals surface area contributed by atoms with E-state index in [1.165, 1.54) is 18.3 Å². The average Bonchev–Trinajstić information content (AvgIpc) is 2.38. The summed E-state index contributed by atoms with van der Waals surface area (Å²) >= 11 is 3.14. The smallest absolute Gasteiger partial charge is 0.419 e. The van der Waals surface area contributed by atoms with Gasteiger partial charge in [-0.25, -0.2) is 9.37 Å². The number of aromatic nitrogens is 1. The summed E-state index contributed by atoms with van der Waals surface area (Å²) in [6, 6.07) is 4.55. The normalized spacial score (nSPS) is 11.5. The molecular weight excluding hydrogens is 356 g/mol. The minimum Gasteiger partial charge on any atom is -0.485 e. The summed E-state index contributed by atoms with van der Waals surface area (Å²) in [6.45, 7) is -0.477. The van der Waals surface area contributed by atoms with Crippen molar-refractivity contribution in [2.75, 3.05) is 5.73 Å². The van der Waals surface area contributed by atoms with Crippen LogP contribution in [0.25, 0.3) is 0 Å². The van der Waals surface area contributed by atoms with E-state index in [9.17, 15) is 17.6 Å². The van der Waals surface area contributed by atoms with Gasteiger partial charge in [-0.05, 0) is 28.1 Å². The van der Waals surface area contributed by atoms with E-state index in [1.807, 2.05) is 0 Å². The van der Waals surface area contributed by atoms with E-state index in [1.54, 1.807) is 0 Å². The molecule has 3 nitrogen and oxygen atoms in total. The number of nitrogens with two attached hydrogens (primary N) is 1. The number of ether oxygens (including phenoxy) is 1. The fraction of sp³-hybridized carbons (Fsp3) is 0.154. The second kappa shape index (κ2) is 5.88. The Bertz CT molecular complexity index is 661. The van der Waals surface area contributed by atoms with E-state index in [4.69, 9.17) is 10.5 Å². The van der Waals surface area contributed by atoms with Crippen LogP contribution in [-0.2, 0) is 12.8 Å². The van der Waals surface area contributed by atoms with E-state index in [2.05, 4.69) is 20.9 Å². The molecule has 2 aromatic rings. The molecule has 0 amide bonds. The van der Waals surface area contributed by atoms with Gasteiger partial charge in [-0.2, -0.15) is 13.2 Å². The predicted octanol–water partition coefficient (Wildman–Crippen LogP) is 4.16. The third kappa shape index (κ3) is 3.63. The number of hydrogen-bond acceptors (Lipinski definition) is 3. The molecule has 0 saturated heterocycles. The number of nitrogens with zero attached hydrogens (tertiary/aromatic N) is 1. The van der Waals surface area contributed by atoms with Gasteiger partial charge in [0.2, 0.25) is 0 Å². The minimum absolute atomic E-state index is 0.0307. The molecule has 0 aliphatic heterocycles. The van der Waals surface area contributed by atoms with Crippen LogP contribution >= 0.6 is 15.9 Å². The summed E-state index contributed by atoms with van der Waals surface area (Å²) in [5.74, 6) is -1.20. The van der Waals surface area contributed by atoms with Crippen LogP contribution in [0.2, 0.25) is 0 Å². The quantitative estimate of drug-likeness (QED) is 0.831. The number of nitrogen functional groups attached to an aromatic ring is 1. The van der Waals surface area contributed by atoms with E-state index in [0.717, 1.165) is 12.1 Å². The third-order valence-electron chi connectivity index (χ3n) is 2.61. The van der Waals surface area contributed by atoms with Gasteiger partial charge < -0.3 is 10.5 Å². The first-order valence-corrected chi connectivity index (χ1v) is 6.46. The molecule has 0 fully saturated rings. The maximum atomic E-state index is 13.4. The lowest BCUT2D eigenvalue weighted by molar-refractivity contribution is -0.141. The highest BCUT2D eigenvalue weighted by Crippen LogP contribution is 2.35. The van der Waals surface area contributed by atoms with Crippen LogP contribution in [-0.4, -0.2) is 4.98 Å².